The second-order valence-electron chi connectivity index (χ2n) is 26.4. The van der Waals surface area contributed by atoms with E-state index in [9.17, 15) is 116 Å². The third-order valence-electron chi connectivity index (χ3n) is 17.1. The lowest BCUT2D eigenvalue weighted by molar-refractivity contribution is -0.157. The van der Waals surface area contributed by atoms with Gasteiger partial charge in [-0.3, -0.25) is 86.3 Å². The van der Waals surface area contributed by atoms with Crippen molar-refractivity contribution in [2.24, 2.45) is 23.1 Å². The second kappa shape index (κ2) is 47.1. The van der Waals surface area contributed by atoms with E-state index in [0.29, 0.717) is 29.3 Å². The summed E-state index contributed by atoms with van der Waals surface area (Å²) in [6.45, 7) is 4.04. The summed E-state index contributed by atoms with van der Waals surface area (Å²) in [5, 5.41) is 68.5. The molecule has 24 N–H and O–H groups in total. The number of unbranched alkanes of at least 4 members (excludes halogenated alkanes) is 6. The maximum absolute atomic E-state index is 14.6. The summed E-state index contributed by atoms with van der Waals surface area (Å²) >= 11 is 0. The number of nitrogens with one attached hydrogen (secondary N) is 14. The van der Waals surface area contributed by atoms with Crippen LogP contribution in [0.3, 0.4) is 0 Å². The molecular formula is C68H101N17O26. The molecular weight excluding hydrogens is 1470 g/mol. The van der Waals surface area contributed by atoms with Crippen molar-refractivity contribution >= 4 is 129 Å². The number of hydrogen-bond acceptors (Lipinski definition) is 23. The highest BCUT2D eigenvalue weighted by Gasteiger charge is 2.42. The molecule has 1 fully saturated rings. The molecule has 13 unspecified atom stereocenters. The van der Waals surface area contributed by atoms with Crippen LogP contribution >= 0.6 is 0 Å². The number of amides is 15. The number of methoxy groups -OCH3 is 1. The molecule has 13 atom stereocenters. The summed E-state index contributed by atoms with van der Waals surface area (Å²) in [6.07, 6.45) is -3.67. The number of cyclic esters (lactones) is 1. The van der Waals surface area contributed by atoms with E-state index in [1.165, 1.54) is 13.8 Å². The zero-order valence-corrected chi connectivity index (χ0v) is 62.1. The fourth-order valence-electron chi connectivity index (χ4n) is 11.1. The Hall–Kier alpha value is -11.9. The number of carboxylic acid groups (broad SMARTS) is 4. The molecule has 1 aromatic heterocycles. The normalized spacial score (nSPS) is 21.6. The molecule has 1 saturated heterocycles. The van der Waals surface area contributed by atoms with Crippen LogP contribution in [0.4, 0.5) is 0 Å². The minimum Gasteiger partial charge on any atom is -0.481 e. The third kappa shape index (κ3) is 32.8. The molecule has 3 rings (SSSR count). The Balaban J connectivity index is 2.21. The monoisotopic (exact) mass is 1570 g/mol. The van der Waals surface area contributed by atoms with Crippen LogP contribution in [-0.2, 0) is 112 Å². The smallest absolute Gasteiger partial charge is 0.335 e. The zero-order valence-electron chi connectivity index (χ0n) is 62.1. The Labute approximate surface area is 635 Å². The summed E-state index contributed by atoms with van der Waals surface area (Å²) in [5.74, 6) is -29.1. The molecule has 43 nitrogen and oxygen atoms in total. The van der Waals surface area contributed by atoms with E-state index in [1.807, 2.05) is 16.0 Å². The number of H-pyrrole nitrogens is 1. The van der Waals surface area contributed by atoms with Gasteiger partial charge in [0.1, 0.15) is 72.6 Å². The summed E-state index contributed by atoms with van der Waals surface area (Å²) < 4.78 is 10.5. The van der Waals surface area contributed by atoms with Crippen LogP contribution in [0.1, 0.15) is 143 Å². The Morgan fingerprint density at radius 2 is 1.10 bits per heavy atom. The number of esters is 1. The number of aliphatic carboxylic acids is 4. The van der Waals surface area contributed by atoms with Crippen molar-refractivity contribution in [3.63, 3.8) is 0 Å². The van der Waals surface area contributed by atoms with Crippen LogP contribution in [0.15, 0.2) is 30.5 Å². The average Bonchev–Trinajstić information content (AvgIpc) is 1.68. The van der Waals surface area contributed by atoms with Crippen LogP contribution in [0.2, 0.25) is 0 Å². The highest BCUT2D eigenvalue weighted by molar-refractivity contribution is 6.02. The number of benzene rings is 1. The van der Waals surface area contributed by atoms with Gasteiger partial charge in [-0.1, -0.05) is 77.5 Å². The van der Waals surface area contributed by atoms with Crippen LogP contribution in [-0.4, -0.2) is 249 Å². The number of carboxylic acids is 4. The number of para-hydroxylation sites is 1. The average molecular weight is 1570 g/mol. The minimum atomic E-state index is -2.33. The number of primary amides is 2. The van der Waals surface area contributed by atoms with E-state index in [4.69, 9.17) is 26.7 Å². The highest BCUT2D eigenvalue weighted by atomic mass is 16.5. The van der Waals surface area contributed by atoms with E-state index in [-0.39, 0.29) is 32.2 Å². The summed E-state index contributed by atoms with van der Waals surface area (Å²) in [7, 11) is 0.794. The van der Waals surface area contributed by atoms with E-state index in [2.05, 4.69) is 65.1 Å². The van der Waals surface area contributed by atoms with Crippen molar-refractivity contribution in [3.8, 4) is 0 Å². The van der Waals surface area contributed by atoms with Gasteiger partial charge in [-0.05, 0) is 63.6 Å². The minimum absolute atomic E-state index is 0.00333. The van der Waals surface area contributed by atoms with Crippen molar-refractivity contribution in [1.82, 2.24) is 74.1 Å². The van der Waals surface area contributed by atoms with Gasteiger partial charge in [-0.25, -0.2) is 9.59 Å². The van der Waals surface area contributed by atoms with Gasteiger partial charge in [-0.2, -0.15) is 0 Å². The van der Waals surface area contributed by atoms with Crippen molar-refractivity contribution in [3.05, 3.63) is 36.0 Å². The third-order valence-corrected chi connectivity index (χ3v) is 17.1. The SMILES string of the molecule is CCCCCCCCCC(=O)NC(Cc1c[nH]c2ccccc12)C(=O)NC(CC(N)=O)C(=O)NC(CC(=O)O)C(=O)NC1C(=O)NCC(=O)NC(CCCN)C(=O)NC(CC(=O)O)C(=O)NC(C)C(=O)NC(C(OC)C(=O)O)C(=O)NCC(=O)NC(CC(N)=O)C(=O)NC(CCC(=O)O)C(=O)NC(C(C)C)C(=O)OC1C. The summed E-state index contributed by atoms with van der Waals surface area (Å²) in [6, 6.07) is -15.1. The van der Waals surface area contributed by atoms with Gasteiger partial charge in [0.15, 0.2) is 6.10 Å². The molecule has 1 aromatic carbocycles. The largest absolute Gasteiger partial charge is 0.481 e. The van der Waals surface area contributed by atoms with Gasteiger partial charge in [0, 0.05) is 43.5 Å². The fourth-order valence-corrected chi connectivity index (χ4v) is 11.1. The van der Waals surface area contributed by atoms with Gasteiger partial charge in [-0.15, -0.1) is 0 Å². The van der Waals surface area contributed by atoms with Crippen LogP contribution in [0.25, 0.3) is 10.9 Å². The highest BCUT2D eigenvalue weighted by Crippen LogP contribution is 2.21. The first-order valence-corrected chi connectivity index (χ1v) is 35.6. The van der Waals surface area contributed by atoms with Gasteiger partial charge in [0.2, 0.25) is 88.6 Å². The fraction of sp³-hybridized carbons (Fsp3) is 0.588. The molecule has 0 radical (unpaired) electrons. The molecule has 0 spiro atoms. The van der Waals surface area contributed by atoms with Crippen molar-refractivity contribution in [1.29, 1.82) is 0 Å². The van der Waals surface area contributed by atoms with E-state index in [1.54, 1.807) is 30.5 Å². The molecule has 2 aromatic rings. The lowest BCUT2D eigenvalue weighted by atomic mass is 10.0. The molecule has 15 amide bonds. The standard InChI is InChI=1S/C68H101N17O26/c1-7-8-9-10-11-12-13-20-47(88)77-40(24-35-29-72-37-18-15-14-17-36(35)37)61(101)80-42(26-46(71)87)63(103)82-44(28-52(95)96)64(104)84-54-34(5)111-68(109)53(32(2)3)83-59(99)39(21-22-50(91)92)79-62(102)41(25-45(70)86)78-49(90)31-74-66(106)55(56(110-6)67(107)108)85-57(97)33(4)75-60(100)43(27-51(93)94)81-58(98)38(19-16-23-69)76-48(89)30-73-65(54)105/h14-15,17-18,29,32-34,38-44,53-56,72H,7-13,16,19-28,30-31,69H2,1-6H3,(H2,70,86)(H2,71,87)(H,73,105)(H,74,106)(H,75,100)(H,76,89)(H,77,88)(H,78,90)(H,79,102)(H,80,101)(H,81,98)(H,82,103)(H,83,99)(H,84,104)(H,85,97)(H,91,92)(H,93,94)(H,95,96)(H,107,108). The molecule has 0 aliphatic carbocycles. The first-order chi connectivity index (χ1) is 52.3. The van der Waals surface area contributed by atoms with E-state index < -0.39 is 255 Å². The lowest BCUT2D eigenvalue weighted by Gasteiger charge is -2.30. The van der Waals surface area contributed by atoms with Crippen molar-refractivity contribution < 1.29 is 126 Å². The molecule has 1 aliphatic heterocycles. The predicted octanol–water partition coefficient (Wildman–Crippen LogP) is -6.56. The number of hydrogen-bond donors (Lipinski definition) is 21. The van der Waals surface area contributed by atoms with Crippen molar-refractivity contribution in [2.45, 2.75) is 222 Å². The number of aromatic amines is 1. The Kier molecular flexibility index (Phi) is 39.6. The second-order valence-corrected chi connectivity index (χ2v) is 26.4. The van der Waals surface area contributed by atoms with Gasteiger partial charge >= 0.3 is 29.8 Å². The quantitative estimate of drug-likeness (QED) is 0.0225. The van der Waals surface area contributed by atoms with Crippen LogP contribution in [0, 0.1) is 5.92 Å². The van der Waals surface area contributed by atoms with Crippen molar-refractivity contribution in [2.75, 3.05) is 26.7 Å². The first kappa shape index (κ1) is 93.3. The first-order valence-electron chi connectivity index (χ1n) is 35.6. The maximum Gasteiger partial charge on any atom is 0.335 e. The Morgan fingerprint density at radius 1 is 0.559 bits per heavy atom. The number of aromatic nitrogens is 1. The molecule has 1 aliphatic rings. The van der Waals surface area contributed by atoms with Gasteiger partial charge in [0.05, 0.1) is 38.8 Å². The molecule has 43 heteroatoms. The Bertz CT molecular complexity index is 3700. The molecule has 614 valence electrons. The summed E-state index contributed by atoms with van der Waals surface area (Å²) in [4.78, 5) is 273. The summed E-state index contributed by atoms with van der Waals surface area (Å²) in [5.41, 5.74) is 17.8. The molecule has 0 saturated carbocycles. The number of nitrogens with two attached hydrogens (primary N) is 3. The van der Waals surface area contributed by atoms with Crippen LogP contribution in [0.5, 0.6) is 0 Å². The van der Waals surface area contributed by atoms with Gasteiger partial charge < -0.3 is 121 Å². The number of carbonyl (C=O) groups excluding carboxylic acids is 16. The Morgan fingerprint density at radius 3 is 1.68 bits per heavy atom. The number of fused-ring (bicyclic) bond motifs is 1. The molecule has 111 heavy (non-hydrogen) atoms. The predicted molar refractivity (Wildman–Crippen MR) is 384 cm³/mol. The topological polar surface area (TPSA) is 691 Å². The molecule has 2 heterocycles. The number of rotatable bonds is 35. The maximum atomic E-state index is 14.6. The number of ether oxygens (including phenoxy) is 2. The van der Waals surface area contributed by atoms with Crippen LogP contribution < -0.4 is 86.3 Å². The lowest BCUT2D eigenvalue weighted by Crippen LogP contribution is -2.62. The number of carbonyl (C=O) groups is 20. The molecule has 0 bridgehead atoms. The zero-order chi connectivity index (χ0) is 83.4. The van der Waals surface area contributed by atoms with E-state index in [0.717, 1.165) is 53.1 Å². The van der Waals surface area contributed by atoms with E-state index >= 15 is 0 Å². The van der Waals surface area contributed by atoms with Gasteiger partial charge in [0.25, 0.3) is 0 Å².